The molecule has 3 aromatic carbocycles. The molecule has 0 bridgehead atoms. The SMILES string of the molecule is [2H]C([2H])([2H])c1cnc(-c2cccc3c2oc2cc4c(cc23)C([2H])([2H])C2(C([2H])([2H])c3ccccc3C2([2H])[2H])C4([2H])[2H])cc1C([2H])([2H])C(C)(C)C. The van der Waals surface area contributed by atoms with Gasteiger partial charge < -0.3 is 4.42 Å². The van der Waals surface area contributed by atoms with Gasteiger partial charge >= 0.3 is 0 Å². The maximum Gasteiger partial charge on any atom is 0.144 e. The van der Waals surface area contributed by atoms with Crippen LogP contribution in [-0.2, 0) is 31.9 Å². The molecular formula is C34H33NO. The molecule has 2 nitrogen and oxygen atoms in total. The van der Waals surface area contributed by atoms with E-state index in [1.54, 1.807) is 39.0 Å². The Morgan fingerprint density at radius 2 is 1.64 bits per heavy atom. The summed E-state index contributed by atoms with van der Waals surface area (Å²) in [6.07, 6.45) is -12.1. The average molecular weight is 485 g/mol. The number of furan rings is 1. The molecule has 7 rings (SSSR count). The van der Waals surface area contributed by atoms with E-state index in [9.17, 15) is 5.48 Å². The van der Waals surface area contributed by atoms with Crippen LogP contribution in [0.25, 0.3) is 33.2 Å². The number of fused-ring (bicyclic) bond motifs is 5. The number of nitrogens with zero attached hydrogens (tertiary/aromatic N) is 1. The summed E-state index contributed by atoms with van der Waals surface area (Å²) in [5, 5.41) is 0.865. The third kappa shape index (κ3) is 3.50. The highest BCUT2D eigenvalue weighted by Crippen LogP contribution is 2.49. The first-order chi connectivity index (χ1) is 22.4. The second-order valence-corrected chi connectivity index (χ2v) is 10.5. The average Bonchev–Trinajstić information content (AvgIpc) is 3.48. The van der Waals surface area contributed by atoms with Crippen molar-refractivity contribution >= 4 is 21.9 Å². The number of hydrogen-bond acceptors (Lipinski definition) is 2. The zero-order valence-corrected chi connectivity index (χ0v) is 20.2. The highest BCUT2D eigenvalue weighted by molar-refractivity contribution is 6.09. The Balaban J connectivity index is 1.46. The third-order valence-corrected chi connectivity index (χ3v) is 6.54. The Labute approximate surface area is 231 Å². The number of rotatable bonds is 2. The van der Waals surface area contributed by atoms with Crippen LogP contribution in [0.4, 0.5) is 0 Å². The van der Waals surface area contributed by atoms with Gasteiger partial charge in [0.2, 0.25) is 0 Å². The van der Waals surface area contributed by atoms with Gasteiger partial charge in [0, 0.05) is 40.4 Å². The van der Waals surface area contributed by atoms with Crippen LogP contribution in [0.15, 0.2) is 71.3 Å². The maximum atomic E-state index is 9.40. The topological polar surface area (TPSA) is 26.0 Å². The Morgan fingerprint density at radius 3 is 2.36 bits per heavy atom. The van der Waals surface area contributed by atoms with Crippen LogP contribution in [0, 0.1) is 17.7 Å². The molecule has 0 saturated carbocycles. The molecule has 2 heteroatoms. The first kappa shape index (κ1) is 12.2. The van der Waals surface area contributed by atoms with Crippen LogP contribution in [-0.4, -0.2) is 4.98 Å². The van der Waals surface area contributed by atoms with E-state index in [-0.39, 0.29) is 50.2 Å². The maximum absolute atomic E-state index is 9.40. The van der Waals surface area contributed by atoms with E-state index in [0.717, 1.165) is 6.20 Å². The Hall–Kier alpha value is -3.39. The van der Waals surface area contributed by atoms with Gasteiger partial charge in [-0.15, -0.1) is 0 Å². The standard InChI is InChI=1S/C34H33NO/c1-21-20-35-30(13-24(21)15-33(2,3)4)28-11-7-10-27-29-12-25-18-34(16-22-8-5-6-9-23(22)17-34)19-26(25)14-31(29)36-32(27)28/h5-14,20H,15-19H2,1-4H3/i1D3,15D2,16D2,17D2,18D2,19D2. The second kappa shape index (κ2) is 7.56. The van der Waals surface area contributed by atoms with E-state index in [1.165, 1.54) is 42.5 Å². The molecular weight excluding hydrogens is 438 g/mol. The zero-order valence-electron chi connectivity index (χ0n) is 33.2. The lowest BCUT2D eigenvalue weighted by Crippen LogP contribution is -2.21. The van der Waals surface area contributed by atoms with Crippen molar-refractivity contribution in [3.63, 3.8) is 0 Å². The number of aryl methyl sites for hydroxylation is 1. The first-order valence-electron chi connectivity index (χ1n) is 18.5. The lowest BCUT2D eigenvalue weighted by atomic mass is 9.82. The monoisotopic (exact) mass is 484 g/mol. The lowest BCUT2D eigenvalue weighted by Gasteiger charge is -2.21. The van der Waals surface area contributed by atoms with Gasteiger partial charge in [-0.3, -0.25) is 4.98 Å². The summed E-state index contributed by atoms with van der Waals surface area (Å²) in [5.74, 6) is 0. The van der Waals surface area contributed by atoms with Crippen molar-refractivity contribution in [3.8, 4) is 11.3 Å². The molecule has 1 spiro atoms. The molecule has 180 valence electrons. The molecule has 36 heavy (non-hydrogen) atoms. The van der Waals surface area contributed by atoms with Crippen molar-refractivity contribution in [2.75, 3.05) is 0 Å². The van der Waals surface area contributed by atoms with E-state index in [0.29, 0.717) is 16.3 Å². The molecule has 2 aliphatic carbocycles. The number of para-hydroxylation sites is 1. The summed E-state index contributed by atoms with van der Waals surface area (Å²) in [6, 6.07) is 15.1. The van der Waals surface area contributed by atoms with E-state index in [1.807, 2.05) is 0 Å². The van der Waals surface area contributed by atoms with Gasteiger partial charge in [-0.05, 0) is 107 Å². The largest absolute Gasteiger partial charge is 0.455 e. The lowest BCUT2D eigenvalue weighted by molar-refractivity contribution is 0.326. The smallest absolute Gasteiger partial charge is 0.144 e. The Bertz CT molecular complexity index is 2170. The summed E-state index contributed by atoms with van der Waals surface area (Å²) in [5.41, 5.74) is -3.57. The normalized spacial score (nSPS) is 27.9. The van der Waals surface area contributed by atoms with E-state index in [4.69, 9.17) is 16.8 Å². The molecule has 0 atom stereocenters. The van der Waals surface area contributed by atoms with Crippen LogP contribution in [0.3, 0.4) is 0 Å². The minimum Gasteiger partial charge on any atom is -0.455 e. The second-order valence-electron chi connectivity index (χ2n) is 10.5. The number of benzene rings is 3. The van der Waals surface area contributed by atoms with Gasteiger partial charge in [-0.2, -0.15) is 0 Å². The predicted octanol–water partition coefficient (Wildman–Crippen LogP) is 8.43. The fourth-order valence-electron chi connectivity index (χ4n) is 5.06. The van der Waals surface area contributed by atoms with Gasteiger partial charge in [0.05, 0.1) is 5.69 Å². The number of hydrogen-bond donors (Lipinski definition) is 0. The van der Waals surface area contributed by atoms with Crippen LogP contribution in [0.5, 0.6) is 0 Å². The molecule has 5 aromatic rings. The van der Waals surface area contributed by atoms with Crippen LogP contribution in [0.1, 0.15) is 72.0 Å². The van der Waals surface area contributed by atoms with Gasteiger partial charge in [-0.25, -0.2) is 0 Å². The minimum atomic E-state index is -2.85. The van der Waals surface area contributed by atoms with Gasteiger partial charge in [0.1, 0.15) is 11.2 Å². The summed E-state index contributed by atoms with van der Waals surface area (Å²) in [7, 11) is 0. The first-order valence-corrected chi connectivity index (χ1v) is 12.0. The molecule has 0 fully saturated rings. The molecule has 0 unspecified atom stereocenters. The fraction of sp³-hybridized carbons (Fsp3) is 0.324. The van der Waals surface area contributed by atoms with E-state index in [2.05, 4.69) is 4.98 Å². The molecule has 0 aliphatic heterocycles. The minimum absolute atomic E-state index is 0.0371. The van der Waals surface area contributed by atoms with Crippen molar-refractivity contribution in [3.05, 3.63) is 100 Å². The van der Waals surface area contributed by atoms with Crippen molar-refractivity contribution in [1.82, 2.24) is 4.98 Å². The predicted molar refractivity (Wildman–Crippen MR) is 149 cm³/mol. The molecule has 2 aliphatic rings. The Kier molecular flexibility index (Phi) is 2.57. The molecule has 0 amide bonds. The molecule has 0 saturated heterocycles. The van der Waals surface area contributed by atoms with Gasteiger partial charge in [0.15, 0.2) is 0 Å². The zero-order chi connectivity index (χ0) is 36.1. The van der Waals surface area contributed by atoms with Crippen LogP contribution >= 0.6 is 0 Å². The fourth-order valence-corrected chi connectivity index (χ4v) is 5.06. The highest BCUT2D eigenvalue weighted by atomic mass is 16.3. The number of pyridine rings is 1. The molecule has 2 aromatic heterocycles. The van der Waals surface area contributed by atoms with Crippen molar-refractivity contribution in [2.24, 2.45) is 10.8 Å². The Morgan fingerprint density at radius 1 is 0.917 bits per heavy atom. The van der Waals surface area contributed by atoms with Crippen molar-refractivity contribution < 1.29 is 22.2 Å². The quantitative estimate of drug-likeness (QED) is 0.251. The third-order valence-electron chi connectivity index (χ3n) is 6.54. The van der Waals surface area contributed by atoms with E-state index >= 15 is 0 Å². The van der Waals surface area contributed by atoms with Crippen molar-refractivity contribution in [2.45, 2.75) is 59.5 Å². The van der Waals surface area contributed by atoms with Crippen LogP contribution < -0.4 is 0 Å². The van der Waals surface area contributed by atoms with Gasteiger partial charge in [0.25, 0.3) is 0 Å². The summed E-state index contributed by atoms with van der Waals surface area (Å²) in [4.78, 5) is 4.41. The van der Waals surface area contributed by atoms with E-state index < -0.39 is 49.5 Å². The molecule has 2 heterocycles. The molecule has 0 N–H and O–H groups in total. The van der Waals surface area contributed by atoms with Crippen LogP contribution in [0.2, 0.25) is 0 Å². The summed E-state index contributed by atoms with van der Waals surface area (Å²) in [6.45, 7) is 2.40. The van der Waals surface area contributed by atoms with Gasteiger partial charge in [-0.1, -0.05) is 57.2 Å². The summed E-state index contributed by atoms with van der Waals surface area (Å²) >= 11 is 0. The van der Waals surface area contributed by atoms with Crippen molar-refractivity contribution in [1.29, 1.82) is 0 Å². The summed E-state index contributed by atoms with van der Waals surface area (Å²) < 4.78 is 122. The highest BCUT2D eigenvalue weighted by Gasteiger charge is 2.42. The number of aromatic nitrogens is 1. The molecule has 0 radical (unpaired) electrons.